The molecule has 33 heavy (non-hydrogen) atoms. The van der Waals surface area contributed by atoms with Gasteiger partial charge < -0.3 is 10.6 Å². The highest BCUT2D eigenvalue weighted by molar-refractivity contribution is 5.98. The van der Waals surface area contributed by atoms with Gasteiger partial charge in [-0.25, -0.2) is 14.5 Å². The maximum atomic E-state index is 13.1. The molecule has 0 fully saturated rings. The van der Waals surface area contributed by atoms with Crippen LogP contribution in [0.25, 0.3) is 22.1 Å². The van der Waals surface area contributed by atoms with E-state index in [1.165, 1.54) is 21.7 Å². The van der Waals surface area contributed by atoms with E-state index in [0.29, 0.717) is 45.0 Å². The second-order valence-electron chi connectivity index (χ2n) is 7.81. The average Bonchev–Trinajstić information content (AvgIpc) is 3.35. The maximum Gasteiger partial charge on any atom is 0.416 e. The number of aromatic nitrogens is 5. The third-order valence-corrected chi connectivity index (χ3v) is 5.49. The fourth-order valence-corrected chi connectivity index (χ4v) is 3.88. The summed E-state index contributed by atoms with van der Waals surface area (Å²) in [5.41, 5.74) is 8.43. The minimum atomic E-state index is -4.44. The van der Waals surface area contributed by atoms with Crippen LogP contribution >= 0.6 is 0 Å². The number of nitrogen functional groups attached to an aromatic ring is 1. The summed E-state index contributed by atoms with van der Waals surface area (Å²) in [5.74, 6) is 0.789. The Morgan fingerprint density at radius 2 is 1.94 bits per heavy atom. The van der Waals surface area contributed by atoms with Gasteiger partial charge >= 0.3 is 6.18 Å². The summed E-state index contributed by atoms with van der Waals surface area (Å²) < 4.78 is 42.1. The summed E-state index contributed by atoms with van der Waals surface area (Å²) in [6.45, 7) is 1.96. The van der Waals surface area contributed by atoms with Crippen LogP contribution in [-0.2, 0) is 12.7 Å². The van der Waals surface area contributed by atoms with Crippen molar-refractivity contribution in [2.45, 2.75) is 19.6 Å². The fourth-order valence-electron chi connectivity index (χ4n) is 3.88. The van der Waals surface area contributed by atoms with Crippen LogP contribution in [0.2, 0.25) is 0 Å². The number of alkyl halides is 3. The molecule has 0 bridgehead atoms. The molecule has 8 nitrogen and oxygen atoms in total. The first-order valence-electron chi connectivity index (χ1n) is 9.96. The van der Waals surface area contributed by atoms with Crippen molar-refractivity contribution in [3.05, 3.63) is 71.4 Å². The summed E-state index contributed by atoms with van der Waals surface area (Å²) in [6.07, 6.45) is -1.55. The van der Waals surface area contributed by atoms with E-state index < -0.39 is 11.7 Å². The third kappa shape index (κ3) is 3.51. The van der Waals surface area contributed by atoms with E-state index in [-0.39, 0.29) is 12.5 Å². The first-order chi connectivity index (χ1) is 15.6. The molecule has 0 aliphatic heterocycles. The standard InChI is InChI=1S/C22H18F3N7O/c1-12-27-10-19-20(26)28-17-4-3-13(7-18(17)32(12)19)21(33)30(2)11-15-9-16-8-14(22(23,24)25)5-6-31(16)29-15/h3-10H,11H2,1-2H3,(H2,26,28). The van der Waals surface area contributed by atoms with Crippen molar-refractivity contribution >= 4 is 33.8 Å². The van der Waals surface area contributed by atoms with Crippen LogP contribution < -0.4 is 5.73 Å². The van der Waals surface area contributed by atoms with Crippen molar-refractivity contribution in [3.8, 4) is 0 Å². The van der Waals surface area contributed by atoms with Crippen LogP contribution in [0.1, 0.15) is 27.4 Å². The smallest absolute Gasteiger partial charge is 0.382 e. The van der Waals surface area contributed by atoms with Crippen LogP contribution in [0.15, 0.2) is 48.8 Å². The number of aryl methyl sites for hydroxylation is 1. The number of rotatable bonds is 3. The Balaban J connectivity index is 1.45. The summed E-state index contributed by atoms with van der Waals surface area (Å²) in [4.78, 5) is 23.2. The van der Waals surface area contributed by atoms with Crippen molar-refractivity contribution in [2.75, 3.05) is 12.8 Å². The predicted molar refractivity (Wildman–Crippen MR) is 116 cm³/mol. The molecule has 4 aromatic heterocycles. The number of nitrogens with two attached hydrogens (primary N) is 1. The van der Waals surface area contributed by atoms with Crippen molar-refractivity contribution in [3.63, 3.8) is 0 Å². The Labute approximate surface area is 185 Å². The number of carbonyl (C=O) groups is 1. The second kappa shape index (κ2) is 7.19. The van der Waals surface area contributed by atoms with Gasteiger partial charge in [0.05, 0.1) is 40.5 Å². The molecule has 1 amide bonds. The molecule has 5 rings (SSSR count). The van der Waals surface area contributed by atoms with Crippen molar-refractivity contribution in [1.82, 2.24) is 28.9 Å². The molecular formula is C22H18F3N7O. The molecule has 0 unspecified atom stereocenters. The minimum Gasteiger partial charge on any atom is -0.382 e. The minimum absolute atomic E-state index is 0.124. The molecule has 1 aromatic carbocycles. The highest BCUT2D eigenvalue weighted by Crippen LogP contribution is 2.30. The lowest BCUT2D eigenvalue weighted by molar-refractivity contribution is -0.137. The first kappa shape index (κ1) is 20.7. The Kier molecular flexibility index (Phi) is 4.52. The molecule has 0 saturated carbocycles. The van der Waals surface area contributed by atoms with E-state index in [9.17, 15) is 18.0 Å². The van der Waals surface area contributed by atoms with Gasteiger partial charge in [-0.1, -0.05) is 0 Å². The van der Waals surface area contributed by atoms with Crippen LogP contribution in [-0.4, -0.2) is 41.8 Å². The zero-order chi connectivity index (χ0) is 23.5. The molecule has 0 aliphatic rings. The van der Waals surface area contributed by atoms with Crippen molar-refractivity contribution in [2.24, 2.45) is 0 Å². The van der Waals surface area contributed by atoms with Gasteiger partial charge in [0.2, 0.25) is 0 Å². The summed E-state index contributed by atoms with van der Waals surface area (Å²) in [5, 5.41) is 4.28. The number of carbonyl (C=O) groups excluding carboxylic acids is 1. The molecule has 4 heterocycles. The SMILES string of the molecule is Cc1ncc2c(N)nc3ccc(C(=O)N(C)Cc4cc5cc(C(F)(F)F)ccn5n4)cc3n12. The van der Waals surface area contributed by atoms with E-state index in [0.717, 1.165) is 12.1 Å². The Morgan fingerprint density at radius 3 is 2.70 bits per heavy atom. The van der Waals surface area contributed by atoms with E-state index in [4.69, 9.17) is 5.73 Å². The molecule has 11 heteroatoms. The molecule has 0 atom stereocenters. The van der Waals surface area contributed by atoms with Crippen molar-refractivity contribution in [1.29, 1.82) is 0 Å². The number of hydrogen-bond acceptors (Lipinski definition) is 5. The zero-order valence-corrected chi connectivity index (χ0v) is 17.6. The largest absolute Gasteiger partial charge is 0.416 e. The second-order valence-corrected chi connectivity index (χ2v) is 7.81. The van der Waals surface area contributed by atoms with E-state index >= 15 is 0 Å². The summed E-state index contributed by atoms with van der Waals surface area (Å²) in [7, 11) is 1.61. The van der Waals surface area contributed by atoms with Crippen LogP contribution in [0, 0.1) is 6.92 Å². The number of anilines is 1. The van der Waals surface area contributed by atoms with Gasteiger partial charge in [-0.3, -0.25) is 9.20 Å². The van der Waals surface area contributed by atoms with Gasteiger partial charge in [-0.2, -0.15) is 18.3 Å². The van der Waals surface area contributed by atoms with Gasteiger partial charge in [0.15, 0.2) is 0 Å². The number of nitrogens with zero attached hydrogens (tertiary/aromatic N) is 6. The number of benzene rings is 1. The third-order valence-electron chi connectivity index (χ3n) is 5.49. The lowest BCUT2D eigenvalue weighted by atomic mass is 10.1. The molecular weight excluding hydrogens is 435 g/mol. The molecule has 168 valence electrons. The van der Waals surface area contributed by atoms with Gasteiger partial charge in [-0.05, 0) is 43.3 Å². The van der Waals surface area contributed by atoms with Gasteiger partial charge in [-0.15, -0.1) is 0 Å². The lowest BCUT2D eigenvalue weighted by Gasteiger charge is -2.16. The van der Waals surface area contributed by atoms with Gasteiger partial charge in [0.25, 0.3) is 5.91 Å². The zero-order valence-electron chi connectivity index (χ0n) is 17.6. The highest BCUT2D eigenvalue weighted by Gasteiger charge is 2.30. The topological polar surface area (TPSA) is 93.8 Å². The molecule has 5 aromatic rings. The quantitative estimate of drug-likeness (QED) is 0.450. The van der Waals surface area contributed by atoms with E-state index in [2.05, 4.69) is 15.1 Å². The number of halogens is 3. The summed E-state index contributed by atoms with van der Waals surface area (Å²) >= 11 is 0. The van der Waals surface area contributed by atoms with Crippen LogP contribution in [0.4, 0.5) is 19.0 Å². The van der Waals surface area contributed by atoms with Gasteiger partial charge in [0, 0.05) is 18.8 Å². The number of imidazole rings is 1. The molecule has 0 aliphatic carbocycles. The number of amides is 1. The number of pyridine rings is 1. The Hall–Kier alpha value is -4.15. The Bertz CT molecular complexity index is 1550. The van der Waals surface area contributed by atoms with Crippen LogP contribution in [0.5, 0.6) is 0 Å². The molecule has 0 saturated heterocycles. The monoisotopic (exact) mass is 453 g/mol. The number of fused-ring (bicyclic) bond motifs is 4. The van der Waals surface area contributed by atoms with E-state index in [1.807, 2.05) is 11.3 Å². The fraction of sp³-hybridized carbons (Fsp3) is 0.182. The number of hydrogen-bond donors (Lipinski definition) is 1. The lowest BCUT2D eigenvalue weighted by Crippen LogP contribution is -2.26. The van der Waals surface area contributed by atoms with Gasteiger partial charge in [0.1, 0.15) is 17.2 Å². The molecule has 0 radical (unpaired) electrons. The maximum absolute atomic E-state index is 13.1. The summed E-state index contributed by atoms with van der Waals surface area (Å²) in [6, 6.07) is 8.62. The molecule has 0 spiro atoms. The van der Waals surface area contributed by atoms with Crippen LogP contribution in [0.3, 0.4) is 0 Å². The highest BCUT2D eigenvalue weighted by atomic mass is 19.4. The Morgan fingerprint density at radius 1 is 1.15 bits per heavy atom. The average molecular weight is 453 g/mol. The predicted octanol–water partition coefficient (Wildman–Crippen LogP) is 3.71. The van der Waals surface area contributed by atoms with E-state index in [1.54, 1.807) is 31.4 Å². The molecule has 2 N–H and O–H groups in total. The normalized spacial score (nSPS) is 12.2. The first-order valence-corrected chi connectivity index (χ1v) is 9.96. The van der Waals surface area contributed by atoms with Crippen molar-refractivity contribution < 1.29 is 18.0 Å².